The number of thiophene rings is 1. The Balaban J connectivity index is 1.60. The van der Waals surface area contributed by atoms with Gasteiger partial charge in [0.25, 0.3) is 5.91 Å². The Morgan fingerprint density at radius 1 is 1.19 bits per heavy atom. The van der Waals surface area contributed by atoms with Crippen LogP contribution >= 0.6 is 34.5 Å². The van der Waals surface area contributed by atoms with E-state index in [4.69, 9.17) is 27.6 Å². The van der Waals surface area contributed by atoms with Gasteiger partial charge in [-0.15, -0.1) is 11.3 Å². The number of fused-ring (bicyclic) bond motifs is 1. The van der Waals surface area contributed by atoms with Crippen LogP contribution in [-0.2, 0) is 12.8 Å². The Hall–Kier alpha value is -2.26. The number of furan rings is 1. The van der Waals surface area contributed by atoms with Gasteiger partial charge in [0, 0.05) is 10.4 Å². The number of hydrogen-bond acceptors (Lipinski definition) is 4. The lowest BCUT2D eigenvalue weighted by Gasteiger charge is -2.09. The molecule has 136 valence electrons. The van der Waals surface area contributed by atoms with E-state index in [1.165, 1.54) is 16.2 Å². The highest BCUT2D eigenvalue weighted by Crippen LogP contribution is 2.38. The van der Waals surface area contributed by atoms with Gasteiger partial charge in [0.15, 0.2) is 5.76 Å². The van der Waals surface area contributed by atoms with E-state index in [0.717, 1.165) is 31.2 Å². The molecule has 0 spiro atoms. The molecule has 1 aromatic carbocycles. The van der Waals surface area contributed by atoms with Crippen molar-refractivity contribution in [2.24, 2.45) is 0 Å². The van der Waals surface area contributed by atoms with Crippen molar-refractivity contribution >= 4 is 45.4 Å². The number of carbonyl (C=O) groups is 1. The second kappa shape index (κ2) is 7.40. The molecule has 0 bridgehead atoms. The fraction of sp³-hybridized carbons (Fsp3) is 0.200. The molecule has 1 aliphatic carbocycles. The summed E-state index contributed by atoms with van der Waals surface area (Å²) in [7, 11) is 0. The number of halogens is 2. The minimum Gasteiger partial charge on any atom is -0.451 e. The Morgan fingerprint density at radius 3 is 2.81 bits per heavy atom. The van der Waals surface area contributed by atoms with Gasteiger partial charge in [0.05, 0.1) is 15.6 Å². The number of hydrogen-bond donors (Lipinski definition) is 1. The maximum atomic E-state index is 12.6. The van der Waals surface area contributed by atoms with Crippen LogP contribution in [0, 0.1) is 11.3 Å². The number of nitrogens with zero attached hydrogens (tertiary/aromatic N) is 1. The van der Waals surface area contributed by atoms with E-state index in [2.05, 4.69) is 11.4 Å². The largest absolute Gasteiger partial charge is 0.451 e. The molecule has 4 nitrogen and oxygen atoms in total. The van der Waals surface area contributed by atoms with Gasteiger partial charge < -0.3 is 9.73 Å². The number of amides is 1. The molecular weight excluding hydrogens is 403 g/mol. The molecule has 0 radical (unpaired) electrons. The molecule has 0 unspecified atom stereocenters. The molecule has 0 fully saturated rings. The number of anilines is 1. The number of benzene rings is 1. The summed E-state index contributed by atoms with van der Waals surface area (Å²) in [4.78, 5) is 13.8. The molecule has 7 heteroatoms. The molecular formula is C20H14Cl2N2O2S. The summed E-state index contributed by atoms with van der Waals surface area (Å²) >= 11 is 13.7. The molecule has 2 aromatic heterocycles. The Morgan fingerprint density at radius 2 is 2.00 bits per heavy atom. The summed E-state index contributed by atoms with van der Waals surface area (Å²) in [5, 5.41) is 13.7. The lowest BCUT2D eigenvalue weighted by Crippen LogP contribution is -2.10. The van der Waals surface area contributed by atoms with Crippen LogP contribution in [0.5, 0.6) is 0 Å². The fourth-order valence-electron chi connectivity index (χ4n) is 3.24. The SMILES string of the molecule is N#Cc1c(NC(=O)c2ccc(-c3cccc(Cl)c3Cl)o2)sc2c1CCCC2. The van der Waals surface area contributed by atoms with Crippen molar-refractivity contribution in [1.82, 2.24) is 0 Å². The van der Waals surface area contributed by atoms with E-state index in [9.17, 15) is 10.1 Å². The molecule has 0 aliphatic heterocycles. The minimum atomic E-state index is -0.394. The first-order valence-electron chi connectivity index (χ1n) is 8.48. The van der Waals surface area contributed by atoms with Crippen LogP contribution in [0.25, 0.3) is 11.3 Å². The molecule has 3 aromatic rings. The molecule has 0 atom stereocenters. The maximum absolute atomic E-state index is 12.6. The summed E-state index contributed by atoms with van der Waals surface area (Å²) in [6.45, 7) is 0. The number of nitrogens with one attached hydrogen (secondary N) is 1. The third-order valence-electron chi connectivity index (χ3n) is 4.56. The molecule has 1 aliphatic rings. The van der Waals surface area contributed by atoms with E-state index in [1.54, 1.807) is 30.3 Å². The van der Waals surface area contributed by atoms with E-state index < -0.39 is 5.91 Å². The van der Waals surface area contributed by atoms with Crippen molar-refractivity contribution in [1.29, 1.82) is 5.26 Å². The van der Waals surface area contributed by atoms with Gasteiger partial charge in [-0.1, -0.05) is 29.3 Å². The van der Waals surface area contributed by atoms with Gasteiger partial charge in [-0.25, -0.2) is 0 Å². The zero-order valence-electron chi connectivity index (χ0n) is 14.1. The smallest absolute Gasteiger partial charge is 0.292 e. The monoisotopic (exact) mass is 416 g/mol. The third kappa shape index (κ3) is 3.37. The average molecular weight is 417 g/mol. The maximum Gasteiger partial charge on any atom is 0.292 e. The number of nitriles is 1. The van der Waals surface area contributed by atoms with Crippen molar-refractivity contribution in [2.75, 3.05) is 5.32 Å². The first-order chi connectivity index (χ1) is 13.1. The molecule has 0 saturated carbocycles. The summed E-state index contributed by atoms with van der Waals surface area (Å²) in [6, 6.07) is 10.7. The normalized spacial score (nSPS) is 13.1. The quantitative estimate of drug-likeness (QED) is 0.543. The molecule has 1 amide bonds. The Kier molecular flexibility index (Phi) is 4.96. The van der Waals surface area contributed by atoms with Gasteiger partial charge in [0.1, 0.15) is 16.8 Å². The van der Waals surface area contributed by atoms with Gasteiger partial charge in [-0.05, 0) is 55.5 Å². The summed E-state index contributed by atoms with van der Waals surface area (Å²) in [5.74, 6) is 0.212. The summed E-state index contributed by atoms with van der Waals surface area (Å²) in [5.41, 5.74) is 2.27. The molecule has 4 rings (SSSR count). The standard InChI is InChI=1S/C20H14Cl2N2O2S/c21-14-6-3-5-12(18(14)22)15-8-9-16(26-15)19(25)24-20-13(10-23)11-4-1-2-7-17(11)27-20/h3,5-6,8-9H,1-2,4,7H2,(H,24,25). The number of rotatable bonds is 3. The van der Waals surface area contributed by atoms with Crippen LogP contribution in [0.2, 0.25) is 10.0 Å². The highest BCUT2D eigenvalue weighted by molar-refractivity contribution is 7.16. The lowest BCUT2D eigenvalue weighted by molar-refractivity contribution is 0.0998. The summed E-state index contributed by atoms with van der Waals surface area (Å²) in [6.07, 6.45) is 4.05. The first-order valence-corrected chi connectivity index (χ1v) is 10.1. The highest BCUT2D eigenvalue weighted by atomic mass is 35.5. The fourth-order valence-corrected chi connectivity index (χ4v) is 4.86. The number of carbonyl (C=O) groups excluding carboxylic acids is 1. The number of aryl methyl sites for hydroxylation is 1. The van der Waals surface area contributed by atoms with Crippen molar-refractivity contribution in [3.63, 3.8) is 0 Å². The van der Waals surface area contributed by atoms with Crippen LogP contribution < -0.4 is 5.32 Å². The zero-order chi connectivity index (χ0) is 19.0. The van der Waals surface area contributed by atoms with Crippen molar-refractivity contribution < 1.29 is 9.21 Å². The average Bonchev–Trinajstić information content (AvgIpc) is 3.28. The van der Waals surface area contributed by atoms with E-state index >= 15 is 0 Å². The molecule has 1 N–H and O–H groups in total. The lowest BCUT2D eigenvalue weighted by atomic mass is 9.96. The van der Waals surface area contributed by atoms with Crippen LogP contribution in [-0.4, -0.2) is 5.91 Å². The zero-order valence-corrected chi connectivity index (χ0v) is 16.5. The van der Waals surface area contributed by atoms with Gasteiger partial charge in [-0.2, -0.15) is 5.26 Å². The van der Waals surface area contributed by atoms with Crippen molar-refractivity contribution in [2.45, 2.75) is 25.7 Å². The van der Waals surface area contributed by atoms with E-state index in [0.29, 0.717) is 31.9 Å². The van der Waals surface area contributed by atoms with Crippen LogP contribution in [0.1, 0.15) is 39.4 Å². The van der Waals surface area contributed by atoms with E-state index in [1.807, 2.05) is 0 Å². The van der Waals surface area contributed by atoms with E-state index in [-0.39, 0.29) is 5.76 Å². The Bertz CT molecular complexity index is 1080. The van der Waals surface area contributed by atoms with Crippen molar-refractivity contribution in [3.05, 3.63) is 62.1 Å². The Labute approximate surface area is 170 Å². The predicted molar refractivity (Wildman–Crippen MR) is 108 cm³/mol. The van der Waals surface area contributed by atoms with Gasteiger partial charge in [-0.3, -0.25) is 4.79 Å². The highest BCUT2D eigenvalue weighted by Gasteiger charge is 2.23. The second-order valence-corrected chi connectivity index (χ2v) is 8.14. The van der Waals surface area contributed by atoms with Crippen LogP contribution in [0.3, 0.4) is 0 Å². The topological polar surface area (TPSA) is 66.0 Å². The van der Waals surface area contributed by atoms with Gasteiger partial charge >= 0.3 is 0 Å². The minimum absolute atomic E-state index is 0.149. The molecule has 0 saturated heterocycles. The molecule has 27 heavy (non-hydrogen) atoms. The van der Waals surface area contributed by atoms with Crippen LogP contribution in [0.15, 0.2) is 34.7 Å². The first kappa shape index (κ1) is 18.1. The molecule has 2 heterocycles. The van der Waals surface area contributed by atoms with Crippen LogP contribution in [0.4, 0.5) is 5.00 Å². The van der Waals surface area contributed by atoms with Crippen molar-refractivity contribution in [3.8, 4) is 17.4 Å². The van der Waals surface area contributed by atoms with Gasteiger partial charge in [0.2, 0.25) is 0 Å². The second-order valence-electron chi connectivity index (χ2n) is 6.25. The third-order valence-corrected chi connectivity index (χ3v) is 6.58. The predicted octanol–water partition coefficient (Wildman–Crippen LogP) is 6.32. The summed E-state index contributed by atoms with van der Waals surface area (Å²) < 4.78 is 5.68.